The number of aromatic nitrogens is 1. The van der Waals surface area contributed by atoms with Gasteiger partial charge in [0.15, 0.2) is 9.58 Å². The minimum Gasteiger partial charge on any atom is -0.317 e. The summed E-state index contributed by atoms with van der Waals surface area (Å²) in [6.45, 7) is 6.19. The number of fused-ring (bicyclic) bond motifs is 1. The Hall–Kier alpha value is -0.670. The molecule has 1 heterocycles. The summed E-state index contributed by atoms with van der Waals surface area (Å²) in [5.74, 6) is 0.117. The number of halogens is 4. The van der Waals surface area contributed by atoms with E-state index in [1.165, 1.54) is 0 Å². The third kappa shape index (κ3) is 3.88. The lowest BCUT2D eigenvalue weighted by Gasteiger charge is -2.30. The van der Waals surface area contributed by atoms with Gasteiger partial charge in [0.1, 0.15) is 0 Å². The van der Waals surface area contributed by atoms with Gasteiger partial charge in [-0.25, -0.2) is 0 Å². The Kier molecular flexibility index (Phi) is 4.96. The van der Waals surface area contributed by atoms with Crippen LogP contribution in [0, 0.1) is 12.3 Å². The molecule has 1 aromatic carbocycles. The first kappa shape index (κ1) is 19.1. The van der Waals surface area contributed by atoms with Crippen molar-refractivity contribution >= 4 is 52.2 Å². The molecular formula is C19H19Cl4NO. The first-order valence-electron chi connectivity index (χ1n) is 8.07. The van der Waals surface area contributed by atoms with Crippen LogP contribution in [-0.2, 0) is 12.8 Å². The lowest BCUT2D eigenvalue weighted by atomic mass is 9.75. The molecule has 0 atom stereocenters. The van der Waals surface area contributed by atoms with E-state index in [4.69, 9.17) is 46.4 Å². The number of rotatable bonds is 2. The fourth-order valence-corrected chi connectivity index (χ4v) is 4.22. The molecule has 0 N–H and O–H groups in total. The van der Waals surface area contributed by atoms with Crippen LogP contribution in [-0.4, -0.2) is 14.1 Å². The van der Waals surface area contributed by atoms with E-state index >= 15 is 0 Å². The summed E-state index contributed by atoms with van der Waals surface area (Å²) in [5, 5.41) is 0.667. The molecule has 0 bridgehead atoms. The van der Waals surface area contributed by atoms with E-state index in [0.29, 0.717) is 11.4 Å². The third-order valence-corrected chi connectivity index (χ3v) is 5.31. The Bertz CT molecular complexity index is 829. The number of nitrogens with zero attached hydrogens (tertiary/aromatic N) is 1. The number of hydrogen-bond donors (Lipinski definition) is 0. The monoisotopic (exact) mass is 417 g/mol. The van der Waals surface area contributed by atoms with Crippen molar-refractivity contribution in [1.82, 2.24) is 4.57 Å². The molecule has 1 aliphatic rings. The first-order chi connectivity index (χ1) is 11.5. The van der Waals surface area contributed by atoms with Crippen LogP contribution >= 0.6 is 46.4 Å². The van der Waals surface area contributed by atoms with Gasteiger partial charge in [0.2, 0.25) is 0 Å². The number of carbonyl (C=O) groups excluding carboxylic acids is 1. The number of alkyl halides is 3. The van der Waals surface area contributed by atoms with Gasteiger partial charge in [-0.3, -0.25) is 4.79 Å². The lowest BCUT2D eigenvalue weighted by molar-refractivity contribution is 0.0910. The molecule has 0 amide bonds. The standard InChI is InChI=1S/C19H19Cl4NO/c1-11-14(8-19(21,22)23)17-15(9-18(2,3)10-16(17)25)24(11)13-6-4-12(20)5-7-13/h4-7H,8-10H2,1-3H3. The maximum Gasteiger partial charge on any atom is 0.194 e. The molecule has 2 nitrogen and oxygen atoms in total. The van der Waals surface area contributed by atoms with Crippen molar-refractivity contribution in [2.24, 2.45) is 5.41 Å². The molecule has 1 aromatic heterocycles. The van der Waals surface area contributed by atoms with Gasteiger partial charge in [-0.2, -0.15) is 0 Å². The molecule has 2 aromatic rings. The summed E-state index contributed by atoms with van der Waals surface area (Å²) in [5.41, 5.74) is 4.33. The molecular weight excluding hydrogens is 400 g/mol. The highest BCUT2D eigenvalue weighted by molar-refractivity contribution is 6.67. The highest BCUT2D eigenvalue weighted by atomic mass is 35.6. The van der Waals surface area contributed by atoms with Crippen molar-refractivity contribution in [3.8, 4) is 5.69 Å². The second-order valence-corrected chi connectivity index (χ2v) is 10.4. The van der Waals surface area contributed by atoms with Gasteiger partial charge in [0.25, 0.3) is 0 Å². The van der Waals surface area contributed by atoms with Crippen LogP contribution in [0.15, 0.2) is 24.3 Å². The zero-order valence-corrected chi connectivity index (χ0v) is 17.3. The Morgan fingerprint density at radius 1 is 1.12 bits per heavy atom. The molecule has 134 valence electrons. The quantitative estimate of drug-likeness (QED) is 0.509. The van der Waals surface area contributed by atoms with Crippen LogP contribution in [0.2, 0.25) is 5.02 Å². The molecule has 0 radical (unpaired) electrons. The number of Topliss-reactive ketones (excluding diaryl/α,β-unsaturated/α-hetero) is 1. The smallest absolute Gasteiger partial charge is 0.194 e. The minimum atomic E-state index is -1.45. The minimum absolute atomic E-state index is 0.101. The summed E-state index contributed by atoms with van der Waals surface area (Å²) >= 11 is 24.2. The fraction of sp³-hybridized carbons (Fsp3) is 0.421. The first-order valence-corrected chi connectivity index (χ1v) is 9.59. The lowest BCUT2D eigenvalue weighted by Crippen LogP contribution is -2.28. The molecule has 1 aliphatic carbocycles. The SMILES string of the molecule is Cc1c(CC(Cl)(Cl)Cl)c2c(n1-c1ccc(Cl)cc1)CC(C)(C)CC2=O. The average Bonchev–Trinajstić information content (AvgIpc) is 2.69. The summed E-state index contributed by atoms with van der Waals surface area (Å²) in [6, 6.07) is 7.57. The molecule has 0 saturated heterocycles. The molecule has 0 spiro atoms. The predicted molar refractivity (Wildman–Crippen MR) is 106 cm³/mol. The van der Waals surface area contributed by atoms with Crippen LogP contribution in [0.4, 0.5) is 0 Å². The summed E-state index contributed by atoms with van der Waals surface area (Å²) < 4.78 is 0.661. The maximum absolute atomic E-state index is 12.9. The van der Waals surface area contributed by atoms with E-state index in [0.717, 1.165) is 34.6 Å². The van der Waals surface area contributed by atoms with Crippen LogP contribution in [0.25, 0.3) is 5.69 Å². The zero-order valence-electron chi connectivity index (χ0n) is 14.3. The highest BCUT2D eigenvalue weighted by Gasteiger charge is 2.38. The Balaban J connectivity index is 2.26. The molecule has 25 heavy (non-hydrogen) atoms. The van der Waals surface area contributed by atoms with Gasteiger partial charge in [-0.1, -0.05) is 60.3 Å². The average molecular weight is 419 g/mol. The zero-order chi connectivity index (χ0) is 18.6. The number of ketones is 1. The largest absolute Gasteiger partial charge is 0.317 e. The van der Waals surface area contributed by atoms with Crippen molar-refractivity contribution < 1.29 is 4.79 Å². The Labute approximate surface area is 168 Å². The maximum atomic E-state index is 12.9. The molecule has 3 rings (SSSR count). The van der Waals surface area contributed by atoms with Gasteiger partial charge in [0.05, 0.1) is 0 Å². The van der Waals surface area contributed by atoms with Crippen LogP contribution in [0.5, 0.6) is 0 Å². The number of hydrogen-bond acceptors (Lipinski definition) is 1. The molecule has 0 fully saturated rings. The van der Waals surface area contributed by atoms with Gasteiger partial charge in [0, 0.05) is 40.5 Å². The van der Waals surface area contributed by atoms with Gasteiger partial charge in [-0.05, 0) is 48.6 Å². The third-order valence-electron chi connectivity index (χ3n) is 4.66. The topological polar surface area (TPSA) is 22.0 Å². The van der Waals surface area contributed by atoms with E-state index in [-0.39, 0.29) is 17.6 Å². The molecule has 0 aliphatic heterocycles. The summed E-state index contributed by atoms with van der Waals surface area (Å²) in [7, 11) is 0. The fourth-order valence-electron chi connectivity index (χ4n) is 3.70. The van der Waals surface area contributed by atoms with E-state index < -0.39 is 3.79 Å². The van der Waals surface area contributed by atoms with Crippen LogP contribution < -0.4 is 0 Å². The second kappa shape index (κ2) is 6.49. The molecule has 0 saturated carbocycles. The van der Waals surface area contributed by atoms with Crippen molar-refractivity contribution in [2.45, 2.75) is 43.8 Å². The molecule has 0 unspecified atom stereocenters. The highest BCUT2D eigenvalue weighted by Crippen LogP contribution is 2.42. The van der Waals surface area contributed by atoms with Crippen molar-refractivity contribution in [3.63, 3.8) is 0 Å². The van der Waals surface area contributed by atoms with Gasteiger partial charge >= 0.3 is 0 Å². The van der Waals surface area contributed by atoms with E-state index in [9.17, 15) is 4.79 Å². The van der Waals surface area contributed by atoms with Crippen molar-refractivity contribution in [2.75, 3.05) is 0 Å². The van der Waals surface area contributed by atoms with Crippen LogP contribution in [0.1, 0.15) is 47.6 Å². The second-order valence-electron chi connectivity index (χ2n) is 7.43. The summed E-state index contributed by atoms with van der Waals surface area (Å²) in [6.07, 6.45) is 1.49. The molecule has 6 heteroatoms. The van der Waals surface area contributed by atoms with Crippen molar-refractivity contribution in [1.29, 1.82) is 0 Å². The Morgan fingerprint density at radius 2 is 1.72 bits per heavy atom. The predicted octanol–water partition coefficient (Wildman–Crippen LogP) is 6.51. The van der Waals surface area contributed by atoms with E-state index in [1.807, 2.05) is 31.2 Å². The number of carbonyl (C=O) groups is 1. The summed E-state index contributed by atoms with van der Waals surface area (Å²) in [4.78, 5) is 12.9. The Morgan fingerprint density at radius 3 is 2.28 bits per heavy atom. The number of benzene rings is 1. The van der Waals surface area contributed by atoms with E-state index in [2.05, 4.69) is 18.4 Å². The van der Waals surface area contributed by atoms with Crippen molar-refractivity contribution in [3.05, 3.63) is 51.8 Å². The van der Waals surface area contributed by atoms with Gasteiger partial charge in [-0.15, -0.1) is 0 Å². The normalized spacial score (nSPS) is 16.8. The van der Waals surface area contributed by atoms with Crippen LogP contribution in [0.3, 0.4) is 0 Å². The van der Waals surface area contributed by atoms with Gasteiger partial charge < -0.3 is 4.57 Å². The van der Waals surface area contributed by atoms with E-state index in [1.54, 1.807) is 0 Å².